The van der Waals surface area contributed by atoms with Crippen molar-refractivity contribution in [1.82, 2.24) is 19.8 Å². The molecular weight excluding hydrogens is 436 g/mol. The second kappa shape index (κ2) is 9.29. The Morgan fingerprint density at radius 1 is 1.12 bits per heavy atom. The standard InChI is InChI=1S/C24H26N6O2S/c1-16(25)28-19-4-2-18(3-5-19)22-23-20(26-15-27-22)14-21(33-23)17-6-8-29(9-7-17)24(31)30-10-12-32-13-11-30/h2-6,14-15H,7-13H2,1H3,(H2,25,28). The molecule has 1 fully saturated rings. The van der Waals surface area contributed by atoms with E-state index in [1.165, 1.54) is 10.5 Å². The van der Waals surface area contributed by atoms with Crippen LogP contribution in [0, 0.1) is 0 Å². The number of nitrogens with zero attached hydrogens (tertiary/aromatic N) is 5. The van der Waals surface area contributed by atoms with Gasteiger partial charge in [-0.05, 0) is 37.1 Å². The van der Waals surface area contributed by atoms with E-state index in [-0.39, 0.29) is 6.03 Å². The monoisotopic (exact) mass is 462 g/mol. The zero-order valence-electron chi connectivity index (χ0n) is 18.5. The minimum absolute atomic E-state index is 0.107. The molecule has 0 aliphatic carbocycles. The quantitative estimate of drug-likeness (QED) is 0.470. The van der Waals surface area contributed by atoms with Crippen LogP contribution >= 0.6 is 11.3 Å². The number of amidine groups is 1. The maximum Gasteiger partial charge on any atom is 0.320 e. The third kappa shape index (κ3) is 4.60. The van der Waals surface area contributed by atoms with Crippen LogP contribution in [0.25, 0.3) is 27.0 Å². The number of urea groups is 1. The number of morpholine rings is 1. The number of fused-ring (bicyclic) bond motifs is 1. The molecule has 3 aromatic rings. The van der Waals surface area contributed by atoms with Crippen molar-refractivity contribution in [2.45, 2.75) is 13.3 Å². The van der Waals surface area contributed by atoms with Gasteiger partial charge in [-0.2, -0.15) is 0 Å². The maximum absolute atomic E-state index is 12.8. The third-order valence-corrected chi connectivity index (χ3v) is 7.04. The first-order valence-electron chi connectivity index (χ1n) is 11.1. The lowest BCUT2D eigenvalue weighted by molar-refractivity contribution is 0.0441. The number of hydrogen-bond acceptors (Lipinski definition) is 6. The Labute approximate surface area is 196 Å². The van der Waals surface area contributed by atoms with Gasteiger partial charge in [-0.3, -0.25) is 0 Å². The Kier molecular flexibility index (Phi) is 6.06. The van der Waals surface area contributed by atoms with Gasteiger partial charge in [-0.25, -0.2) is 19.8 Å². The highest BCUT2D eigenvalue weighted by Crippen LogP contribution is 2.37. The third-order valence-electron chi connectivity index (χ3n) is 5.84. The minimum atomic E-state index is 0.107. The Bertz CT molecular complexity index is 1220. The van der Waals surface area contributed by atoms with Crippen LogP contribution in [0.4, 0.5) is 10.5 Å². The van der Waals surface area contributed by atoms with Crippen molar-refractivity contribution in [2.24, 2.45) is 10.7 Å². The highest BCUT2D eigenvalue weighted by atomic mass is 32.1. The van der Waals surface area contributed by atoms with E-state index in [1.807, 2.05) is 34.1 Å². The SMILES string of the molecule is CC(N)=Nc1ccc(-c2ncnc3cc(C4=CCN(C(=O)N5CCOCC5)CC4)sc23)cc1. The Morgan fingerprint density at radius 3 is 2.61 bits per heavy atom. The van der Waals surface area contributed by atoms with Crippen LogP contribution in [0.2, 0.25) is 0 Å². The molecule has 5 rings (SSSR count). The van der Waals surface area contributed by atoms with Gasteiger partial charge in [-0.15, -0.1) is 11.3 Å². The van der Waals surface area contributed by atoms with E-state index >= 15 is 0 Å². The highest BCUT2D eigenvalue weighted by Gasteiger charge is 2.25. The van der Waals surface area contributed by atoms with Crippen LogP contribution in [0.1, 0.15) is 18.2 Å². The summed E-state index contributed by atoms with van der Waals surface area (Å²) in [6, 6.07) is 10.1. The molecule has 2 amide bonds. The molecule has 0 unspecified atom stereocenters. The number of ether oxygens (including phenoxy) is 1. The number of thiophene rings is 1. The van der Waals surface area contributed by atoms with Gasteiger partial charge in [0.15, 0.2) is 0 Å². The Balaban J connectivity index is 1.36. The lowest BCUT2D eigenvalue weighted by atomic mass is 10.1. The summed E-state index contributed by atoms with van der Waals surface area (Å²) in [5.41, 5.74) is 10.6. The minimum Gasteiger partial charge on any atom is -0.387 e. The molecule has 170 valence electrons. The van der Waals surface area contributed by atoms with Crippen molar-refractivity contribution in [2.75, 3.05) is 39.4 Å². The highest BCUT2D eigenvalue weighted by molar-refractivity contribution is 7.20. The van der Waals surface area contributed by atoms with E-state index < -0.39 is 0 Å². The van der Waals surface area contributed by atoms with E-state index in [9.17, 15) is 4.79 Å². The predicted molar refractivity (Wildman–Crippen MR) is 132 cm³/mol. The molecule has 1 saturated heterocycles. The number of aliphatic imine (C=N–C) groups is 1. The summed E-state index contributed by atoms with van der Waals surface area (Å²) < 4.78 is 6.42. The summed E-state index contributed by atoms with van der Waals surface area (Å²) in [4.78, 5) is 31.1. The van der Waals surface area contributed by atoms with E-state index in [1.54, 1.807) is 24.6 Å². The van der Waals surface area contributed by atoms with Crippen molar-refractivity contribution in [3.8, 4) is 11.3 Å². The summed E-state index contributed by atoms with van der Waals surface area (Å²) in [7, 11) is 0. The van der Waals surface area contributed by atoms with E-state index in [4.69, 9.17) is 10.5 Å². The Morgan fingerprint density at radius 2 is 1.91 bits per heavy atom. The van der Waals surface area contributed by atoms with Gasteiger partial charge in [0, 0.05) is 36.6 Å². The molecular formula is C24H26N6O2S. The lowest BCUT2D eigenvalue weighted by Crippen LogP contribution is -2.49. The smallest absolute Gasteiger partial charge is 0.320 e. The van der Waals surface area contributed by atoms with Crippen molar-refractivity contribution in [3.63, 3.8) is 0 Å². The van der Waals surface area contributed by atoms with Crippen LogP contribution in [-0.2, 0) is 4.74 Å². The van der Waals surface area contributed by atoms with E-state index in [0.717, 1.165) is 40.1 Å². The van der Waals surface area contributed by atoms with Crippen molar-refractivity contribution in [1.29, 1.82) is 0 Å². The zero-order chi connectivity index (χ0) is 22.8. The summed E-state index contributed by atoms with van der Waals surface area (Å²) in [5.74, 6) is 0.529. The number of carbonyl (C=O) groups excluding carboxylic acids is 1. The molecule has 4 heterocycles. The fourth-order valence-corrected chi connectivity index (χ4v) is 5.33. The molecule has 0 atom stereocenters. The summed E-state index contributed by atoms with van der Waals surface area (Å²) >= 11 is 1.71. The first kappa shape index (κ1) is 21.5. The molecule has 0 spiro atoms. The van der Waals surface area contributed by atoms with Gasteiger partial charge >= 0.3 is 6.03 Å². The van der Waals surface area contributed by atoms with Gasteiger partial charge in [0.25, 0.3) is 0 Å². The van der Waals surface area contributed by atoms with Crippen molar-refractivity contribution in [3.05, 3.63) is 47.6 Å². The average Bonchev–Trinajstić information content (AvgIpc) is 3.29. The van der Waals surface area contributed by atoms with Crippen molar-refractivity contribution < 1.29 is 9.53 Å². The van der Waals surface area contributed by atoms with Crippen LogP contribution in [0.5, 0.6) is 0 Å². The average molecular weight is 463 g/mol. The van der Waals surface area contributed by atoms with Crippen LogP contribution in [0.15, 0.2) is 47.7 Å². The fourth-order valence-electron chi connectivity index (χ4n) is 4.14. The number of rotatable bonds is 3. The molecule has 9 heteroatoms. The summed E-state index contributed by atoms with van der Waals surface area (Å²) in [6.45, 7) is 5.69. The first-order valence-corrected chi connectivity index (χ1v) is 11.9. The van der Waals surface area contributed by atoms with E-state index in [2.05, 4.69) is 27.1 Å². The molecule has 2 aliphatic rings. The molecule has 1 aromatic carbocycles. The molecule has 2 aromatic heterocycles. The number of carbonyl (C=O) groups is 1. The molecule has 33 heavy (non-hydrogen) atoms. The normalized spacial score (nSPS) is 17.4. The van der Waals surface area contributed by atoms with Gasteiger partial charge < -0.3 is 20.3 Å². The second-order valence-electron chi connectivity index (χ2n) is 8.15. The zero-order valence-corrected chi connectivity index (χ0v) is 19.3. The van der Waals surface area contributed by atoms with Crippen LogP contribution in [0.3, 0.4) is 0 Å². The number of amides is 2. The largest absolute Gasteiger partial charge is 0.387 e. The van der Waals surface area contributed by atoms with E-state index in [0.29, 0.717) is 38.7 Å². The first-order chi connectivity index (χ1) is 16.1. The van der Waals surface area contributed by atoms with Gasteiger partial charge in [0.05, 0.1) is 40.6 Å². The summed E-state index contributed by atoms with van der Waals surface area (Å²) in [5, 5.41) is 0. The molecule has 0 radical (unpaired) electrons. The topological polar surface area (TPSA) is 96.9 Å². The molecule has 0 saturated carbocycles. The van der Waals surface area contributed by atoms with Crippen molar-refractivity contribution >= 4 is 44.7 Å². The van der Waals surface area contributed by atoms with Gasteiger partial charge in [-0.1, -0.05) is 18.2 Å². The molecule has 2 N–H and O–H groups in total. The lowest BCUT2D eigenvalue weighted by Gasteiger charge is -2.34. The number of aromatic nitrogens is 2. The van der Waals surface area contributed by atoms with Crippen LogP contribution in [-0.4, -0.2) is 71.0 Å². The molecule has 0 bridgehead atoms. The van der Waals surface area contributed by atoms with Gasteiger partial charge in [0.1, 0.15) is 6.33 Å². The fraction of sp³-hybridized carbons (Fsp3) is 0.333. The summed E-state index contributed by atoms with van der Waals surface area (Å²) in [6.07, 6.45) is 4.61. The van der Waals surface area contributed by atoms with Gasteiger partial charge in [0.2, 0.25) is 0 Å². The number of hydrogen-bond donors (Lipinski definition) is 1. The van der Waals surface area contributed by atoms with Crippen LogP contribution < -0.4 is 5.73 Å². The predicted octanol–water partition coefficient (Wildman–Crippen LogP) is 3.91. The second-order valence-corrected chi connectivity index (χ2v) is 9.21. The maximum atomic E-state index is 12.8. The Hall–Kier alpha value is -3.30. The number of nitrogens with two attached hydrogens (primary N) is 1. The molecule has 2 aliphatic heterocycles. The molecule has 8 nitrogen and oxygen atoms in total. The number of benzene rings is 1.